The molecule has 39 heavy (non-hydrogen) atoms. The van der Waals surface area contributed by atoms with Crippen molar-refractivity contribution < 1.29 is 28.9 Å². The summed E-state index contributed by atoms with van der Waals surface area (Å²) in [5.74, 6) is -1.44. The van der Waals surface area contributed by atoms with Crippen LogP contribution in [0, 0.1) is 5.41 Å². The fraction of sp³-hybridized carbons (Fsp3) is 0.321. The molecule has 0 aliphatic rings. The molecule has 3 rings (SSSR count). The average molecular weight is 594 g/mol. The Hall–Kier alpha value is -3.11. The molecule has 0 fully saturated rings. The average Bonchev–Trinajstić information content (AvgIpc) is 3.33. The minimum Gasteiger partial charge on any atom is -0.496 e. The van der Waals surface area contributed by atoms with Crippen molar-refractivity contribution in [1.82, 2.24) is 4.98 Å². The number of ether oxygens (including phenoxy) is 3. The summed E-state index contributed by atoms with van der Waals surface area (Å²) in [5, 5.41) is 14.3. The minimum absolute atomic E-state index is 0.0922. The van der Waals surface area contributed by atoms with E-state index in [1.807, 2.05) is 23.6 Å². The predicted molar refractivity (Wildman–Crippen MR) is 155 cm³/mol. The zero-order valence-electron chi connectivity index (χ0n) is 22.3. The topological polar surface area (TPSA) is 107 Å². The van der Waals surface area contributed by atoms with Gasteiger partial charge in [-0.15, -0.1) is 11.3 Å². The fourth-order valence-electron chi connectivity index (χ4n) is 3.52. The summed E-state index contributed by atoms with van der Waals surface area (Å²) >= 11 is 13.8. The van der Waals surface area contributed by atoms with Crippen LogP contribution in [0.25, 0.3) is 17.3 Å². The van der Waals surface area contributed by atoms with Gasteiger partial charge in [-0.3, -0.25) is 10.1 Å². The van der Waals surface area contributed by atoms with E-state index >= 15 is 0 Å². The molecule has 1 aromatic heterocycles. The first-order valence-corrected chi connectivity index (χ1v) is 13.6. The van der Waals surface area contributed by atoms with Crippen LogP contribution in [0.2, 0.25) is 10.0 Å². The predicted octanol–water partition coefficient (Wildman–Crippen LogP) is 7.40. The van der Waals surface area contributed by atoms with E-state index in [2.05, 4.69) is 31.1 Å². The number of carboxylic acids is 1. The van der Waals surface area contributed by atoms with Gasteiger partial charge in [-0.25, -0.2) is 9.78 Å². The number of hydrogen-bond donors (Lipinski definition) is 2. The van der Waals surface area contributed by atoms with Crippen LogP contribution in [-0.2, 0) is 20.9 Å². The molecule has 2 aromatic carbocycles. The summed E-state index contributed by atoms with van der Waals surface area (Å²) in [5.41, 5.74) is 2.92. The number of benzene rings is 2. The minimum atomic E-state index is -1.28. The number of rotatable bonds is 11. The van der Waals surface area contributed by atoms with Crippen molar-refractivity contribution >= 4 is 57.6 Å². The third-order valence-electron chi connectivity index (χ3n) is 5.60. The molecule has 1 amide bonds. The highest BCUT2D eigenvalue weighted by molar-refractivity contribution is 7.14. The summed E-state index contributed by atoms with van der Waals surface area (Å²) in [6.45, 7) is 7.57. The van der Waals surface area contributed by atoms with Crippen molar-refractivity contribution in [1.29, 1.82) is 0 Å². The van der Waals surface area contributed by atoms with E-state index in [0.717, 1.165) is 17.5 Å². The number of anilines is 1. The van der Waals surface area contributed by atoms with Crippen LogP contribution in [0.1, 0.15) is 48.7 Å². The molecule has 0 bridgehead atoms. The quantitative estimate of drug-likeness (QED) is 0.136. The number of aliphatic carboxylic acids is 1. The normalized spacial score (nSPS) is 11.8. The highest BCUT2D eigenvalue weighted by Crippen LogP contribution is 2.36. The van der Waals surface area contributed by atoms with Crippen LogP contribution in [0.3, 0.4) is 0 Å². The van der Waals surface area contributed by atoms with Crippen molar-refractivity contribution in [3.63, 3.8) is 0 Å². The van der Waals surface area contributed by atoms with Gasteiger partial charge in [-0.2, -0.15) is 0 Å². The Labute approximate surface area is 241 Å². The number of carbonyl (C=O) groups excluding carboxylic acids is 1. The standard InChI is InChI=1S/C28H30Cl2N2O6S/c1-28(2,3)9-10-38-14-16-7-6-8-18(24(16)37-5)22-15-39-27(31-22)32-25(33)17-11-20(29)19(21(30)12-17)13-23(36-4)26(34)35/h6-8,11-13,15H,9-10,14H2,1-5H3,(H,34,35)(H,31,32,33)/b23-13-. The van der Waals surface area contributed by atoms with Crippen LogP contribution >= 0.6 is 34.5 Å². The first-order valence-electron chi connectivity index (χ1n) is 11.9. The molecule has 1 heterocycles. The second kappa shape index (κ2) is 13.3. The van der Waals surface area contributed by atoms with Gasteiger partial charge in [0.2, 0.25) is 5.76 Å². The fourth-order valence-corrected chi connectivity index (χ4v) is 4.82. The van der Waals surface area contributed by atoms with Gasteiger partial charge in [0.1, 0.15) is 5.75 Å². The molecule has 0 saturated carbocycles. The van der Waals surface area contributed by atoms with E-state index in [1.165, 1.54) is 36.7 Å². The molecule has 208 valence electrons. The Balaban J connectivity index is 1.77. The maximum Gasteiger partial charge on any atom is 0.371 e. The zero-order valence-corrected chi connectivity index (χ0v) is 24.6. The van der Waals surface area contributed by atoms with Crippen LogP contribution in [0.5, 0.6) is 5.75 Å². The largest absolute Gasteiger partial charge is 0.496 e. The maximum atomic E-state index is 12.9. The highest BCUT2D eigenvalue weighted by Gasteiger charge is 2.18. The van der Waals surface area contributed by atoms with Crippen LogP contribution in [0.4, 0.5) is 5.13 Å². The number of para-hydroxylation sites is 1. The van der Waals surface area contributed by atoms with Crippen molar-refractivity contribution in [3.05, 3.63) is 68.2 Å². The number of nitrogens with one attached hydrogen (secondary N) is 1. The Bertz CT molecular complexity index is 1360. The lowest BCUT2D eigenvalue weighted by atomic mass is 9.93. The lowest BCUT2D eigenvalue weighted by Gasteiger charge is -2.18. The molecular formula is C28H30Cl2N2O6S. The third-order valence-corrected chi connectivity index (χ3v) is 6.99. The molecule has 0 unspecified atom stereocenters. The molecular weight excluding hydrogens is 563 g/mol. The van der Waals surface area contributed by atoms with E-state index in [4.69, 9.17) is 42.5 Å². The van der Waals surface area contributed by atoms with Gasteiger partial charge in [0.25, 0.3) is 5.91 Å². The lowest BCUT2D eigenvalue weighted by molar-refractivity contribution is -0.135. The summed E-state index contributed by atoms with van der Waals surface area (Å²) < 4.78 is 16.4. The van der Waals surface area contributed by atoms with Gasteiger partial charge in [0.05, 0.1) is 36.6 Å². The number of amides is 1. The Morgan fingerprint density at radius 3 is 2.44 bits per heavy atom. The SMILES string of the molecule is CO/C(=C\c1c(Cl)cc(C(=O)Nc2nc(-c3cccc(COCCC(C)(C)C)c3OC)cs2)cc1Cl)C(=O)O. The smallest absolute Gasteiger partial charge is 0.371 e. The van der Waals surface area contributed by atoms with Gasteiger partial charge in [-0.05, 0) is 36.1 Å². The third kappa shape index (κ3) is 8.19. The van der Waals surface area contributed by atoms with E-state index in [-0.39, 0.29) is 32.3 Å². The number of aromatic nitrogens is 1. The number of thiazole rings is 1. The summed E-state index contributed by atoms with van der Waals surface area (Å²) in [4.78, 5) is 28.7. The van der Waals surface area contributed by atoms with Crippen molar-refractivity contribution in [2.75, 3.05) is 26.1 Å². The van der Waals surface area contributed by atoms with Gasteiger partial charge in [0, 0.05) is 34.2 Å². The second-order valence-electron chi connectivity index (χ2n) is 9.72. The molecule has 0 aliphatic heterocycles. The molecule has 2 N–H and O–H groups in total. The van der Waals surface area contributed by atoms with Gasteiger partial charge < -0.3 is 19.3 Å². The van der Waals surface area contributed by atoms with Crippen molar-refractivity contribution in [3.8, 4) is 17.0 Å². The van der Waals surface area contributed by atoms with E-state index in [9.17, 15) is 9.59 Å². The highest BCUT2D eigenvalue weighted by atomic mass is 35.5. The Kier molecular flexibility index (Phi) is 10.4. The van der Waals surface area contributed by atoms with E-state index < -0.39 is 11.9 Å². The molecule has 3 aromatic rings. The monoisotopic (exact) mass is 592 g/mol. The number of halogens is 2. The second-order valence-corrected chi connectivity index (χ2v) is 11.4. The summed E-state index contributed by atoms with van der Waals surface area (Å²) in [6.07, 6.45) is 2.13. The Morgan fingerprint density at radius 1 is 1.15 bits per heavy atom. The molecule has 0 spiro atoms. The Morgan fingerprint density at radius 2 is 1.85 bits per heavy atom. The van der Waals surface area contributed by atoms with Crippen molar-refractivity contribution in [2.45, 2.75) is 33.8 Å². The van der Waals surface area contributed by atoms with Gasteiger partial charge in [-0.1, -0.05) is 56.1 Å². The number of hydrogen-bond acceptors (Lipinski definition) is 7. The van der Waals surface area contributed by atoms with Gasteiger partial charge in [0.15, 0.2) is 5.13 Å². The maximum absolute atomic E-state index is 12.9. The zero-order chi connectivity index (χ0) is 28.7. The number of carbonyl (C=O) groups is 2. The molecule has 0 radical (unpaired) electrons. The number of nitrogens with zero attached hydrogens (tertiary/aromatic N) is 1. The van der Waals surface area contributed by atoms with E-state index in [1.54, 1.807) is 7.11 Å². The summed E-state index contributed by atoms with van der Waals surface area (Å²) in [7, 11) is 2.82. The molecule has 0 atom stereocenters. The molecule has 11 heteroatoms. The van der Waals surface area contributed by atoms with Crippen LogP contribution in [0.15, 0.2) is 41.5 Å². The molecule has 0 saturated heterocycles. The van der Waals surface area contributed by atoms with E-state index in [0.29, 0.717) is 29.8 Å². The van der Waals surface area contributed by atoms with Crippen molar-refractivity contribution in [2.24, 2.45) is 5.41 Å². The molecule has 0 aliphatic carbocycles. The first kappa shape index (κ1) is 30.4. The van der Waals surface area contributed by atoms with Gasteiger partial charge >= 0.3 is 5.97 Å². The van der Waals surface area contributed by atoms with Crippen LogP contribution < -0.4 is 10.1 Å². The lowest BCUT2D eigenvalue weighted by Crippen LogP contribution is -2.12. The molecule has 8 nitrogen and oxygen atoms in total. The first-order chi connectivity index (χ1) is 18.4. The number of carboxylic acid groups (broad SMARTS) is 1. The number of methoxy groups -OCH3 is 2. The summed E-state index contributed by atoms with van der Waals surface area (Å²) in [6, 6.07) is 8.55. The van der Waals surface area contributed by atoms with Crippen LogP contribution in [-0.4, -0.2) is 42.8 Å².